The molecule has 1 saturated carbocycles. The van der Waals surface area contributed by atoms with Crippen LogP contribution in [0.3, 0.4) is 0 Å². The Morgan fingerprint density at radius 1 is 1.46 bits per heavy atom. The minimum absolute atomic E-state index is 0.106. The Bertz CT molecular complexity index is 677. The molecule has 0 N–H and O–H groups in total. The van der Waals surface area contributed by atoms with E-state index in [1.165, 1.54) is 0 Å². The Morgan fingerprint density at radius 3 is 2.96 bits per heavy atom. The van der Waals surface area contributed by atoms with Gasteiger partial charge >= 0.3 is 0 Å². The maximum atomic E-state index is 6.12. The van der Waals surface area contributed by atoms with Crippen molar-refractivity contribution in [1.29, 1.82) is 0 Å². The van der Waals surface area contributed by atoms with Crippen molar-refractivity contribution in [2.75, 3.05) is 13.6 Å². The molecule has 2 heterocycles. The van der Waals surface area contributed by atoms with Crippen LogP contribution in [0.15, 0.2) is 20.7 Å². The highest BCUT2D eigenvalue weighted by molar-refractivity contribution is 9.10. The van der Waals surface area contributed by atoms with Gasteiger partial charge in [0.2, 0.25) is 5.88 Å². The van der Waals surface area contributed by atoms with E-state index in [1.807, 2.05) is 38.2 Å². The van der Waals surface area contributed by atoms with Crippen LogP contribution in [0, 0.1) is 12.8 Å². The van der Waals surface area contributed by atoms with E-state index in [2.05, 4.69) is 38.0 Å². The summed E-state index contributed by atoms with van der Waals surface area (Å²) in [5.74, 6) is 0.998. The molecule has 0 bridgehead atoms. The van der Waals surface area contributed by atoms with Gasteiger partial charge in [-0.2, -0.15) is 0 Å². The van der Waals surface area contributed by atoms with Crippen molar-refractivity contribution in [2.24, 2.45) is 16.1 Å². The van der Waals surface area contributed by atoms with Crippen molar-refractivity contribution in [3.63, 3.8) is 0 Å². The molecular formula is C17H23BrN4O2. The lowest BCUT2D eigenvalue weighted by atomic mass is 10.0. The topological polar surface area (TPSA) is 59.3 Å². The Hall–Kier alpha value is -1.63. The van der Waals surface area contributed by atoms with E-state index in [9.17, 15) is 0 Å². The highest BCUT2D eigenvalue weighted by Crippen LogP contribution is 2.38. The summed E-state index contributed by atoms with van der Waals surface area (Å²) in [7, 11) is 1.99. The first-order chi connectivity index (χ1) is 11.5. The lowest BCUT2D eigenvalue weighted by molar-refractivity contribution is 0.0639. The number of hydrogen-bond acceptors (Lipinski definition) is 5. The van der Waals surface area contributed by atoms with Crippen LogP contribution in [0.25, 0.3) is 0 Å². The van der Waals surface area contributed by atoms with Crippen molar-refractivity contribution >= 4 is 33.7 Å². The van der Waals surface area contributed by atoms with Crippen LogP contribution < -0.4 is 4.74 Å². The van der Waals surface area contributed by atoms with E-state index in [0.29, 0.717) is 11.8 Å². The number of nitrogens with zero attached hydrogens (tertiary/aromatic N) is 4. The van der Waals surface area contributed by atoms with E-state index < -0.39 is 0 Å². The van der Waals surface area contributed by atoms with E-state index in [1.54, 1.807) is 0 Å². The summed E-state index contributed by atoms with van der Waals surface area (Å²) in [6.45, 7) is 6.96. The van der Waals surface area contributed by atoms with Gasteiger partial charge in [-0.25, -0.2) is 9.98 Å². The number of aliphatic imine (C=N–C) groups is 1. The molecule has 0 aromatic carbocycles. The van der Waals surface area contributed by atoms with Gasteiger partial charge in [0.15, 0.2) is 0 Å². The average molecular weight is 395 g/mol. The largest absolute Gasteiger partial charge is 0.473 e. The minimum Gasteiger partial charge on any atom is -0.473 e. The second kappa shape index (κ2) is 7.09. The zero-order valence-corrected chi connectivity index (χ0v) is 16.1. The fraction of sp³-hybridized carbons (Fsp3) is 0.588. The molecule has 0 saturated heterocycles. The number of aryl methyl sites for hydroxylation is 1. The van der Waals surface area contributed by atoms with Crippen LogP contribution in [0.4, 0.5) is 5.69 Å². The Kier molecular flexibility index (Phi) is 5.08. The molecule has 1 aromatic heterocycles. The van der Waals surface area contributed by atoms with E-state index in [4.69, 9.17) is 9.57 Å². The van der Waals surface area contributed by atoms with Gasteiger partial charge in [0.05, 0.1) is 27.9 Å². The number of pyridine rings is 1. The summed E-state index contributed by atoms with van der Waals surface area (Å²) in [6, 6.07) is 1.96. The average Bonchev–Trinajstić information content (AvgIpc) is 3.10. The molecule has 0 amide bonds. The number of rotatable bonds is 5. The molecule has 3 atom stereocenters. The maximum Gasteiger partial charge on any atom is 0.228 e. The van der Waals surface area contributed by atoms with E-state index >= 15 is 0 Å². The molecule has 1 aliphatic carbocycles. The molecule has 1 aromatic rings. The quantitative estimate of drug-likeness (QED) is 0.564. The first-order valence-electron chi connectivity index (χ1n) is 8.26. The molecule has 130 valence electrons. The third-order valence-electron chi connectivity index (χ3n) is 4.61. The zero-order chi connectivity index (χ0) is 17.3. The van der Waals surface area contributed by atoms with Crippen LogP contribution >= 0.6 is 15.9 Å². The van der Waals surface area contributed by atoms with Crippen LogP contribution in [0.1, 0.15) is 32.4 Å². The van der Waals surface area contributed by atoms with Crippen LogP contribution in [0.2, 0.25) is 0 Å². The van der Waals surface area contributed by atoms with Gasteiger partial charge in [0, 0.05) is 25.9 Å². The molecule has 6 nitrogen and oxygen atoms in total. The maximum absolute atomic E-state index is 6.12. The third-order valence-corrected chi connectivity index (χ3v) is 5.18. The number of fused-ring (bicyclic) bond motifs is 1. The van der Waals surface area contributed by atoms with Gasteiger partial charge in [0.1, 0.15) is 12.2 Å². The first kappa shape index (κ1) is 17.2. The first-order valence-corrected chi connectivity index (χ1v) is 9.05. The summed E-state index contributed by atoms with van der Waals surface area (Å²) in [5, 5.41) is 4.06. The zero-order valence-electron chi connectivity index (χ0n) is 14.5. The van der Waals surface area contributed by atoms with E-state index in [-0.39, 0.29) is 12.2 Å². The summed E-state index contributed by atoms with van der Waals surface area (Å²) in [4.78, 5) is 16.5. The summed E-state index contributed by atoms with van der Waals surface area (Å²) >= 11 is 3.56. The van der Waals surface area contributed by atoms with Gasteiger partial charge in [-0.15, -0.1) is 0 Å². The van der Waals surface area contributed by atoms with Crippen molar-refractivity contribution in [1.82, 2.24) is 9.88 Å². The smallest absolute Gasteiger partial charge is 0.228 e. The molecule has 7 heteroatoms. The molecule has 1 unspecified atom stereocenters. The summed E-state index contributed by atoms with van der Waals surface area (Å²) in [5.41, 5.74) is 2.75. The van der Waals surface area contributed by atoms with Crippen LogP contribution in [-0.2, 0) is 4.84 Å². The van der Waals surface area contributed by atoms with Crippen molar-refractivity contribution in [3.05, 3.63) is 16.2 Å². The van der Waals surface area contributed by atoms with Gasteiger partial charge in [0.25, 0.3) is 0 Å². The number of ether oxygens (including phenoxy) is 1. The standard InChI is InChI=1S/C17H23BrN4O2/c1-5-22(4)9-19-15-8-14(18)17(20-11(15)3)23-12-6-13-10(2)21-24-16(13)7-12/h8-9,12-13,16H,5-7H2,1-4H3/b19-9+/t12-,13?,16-/m0/s1. The SMILES string of the molecule is CCN(C)/C=N/c1cc(Br)c(O[C@H]2CC3C(C)=NO[C@H]3C2)nc1C. The minimum atomic E-state index is 0.106. The van der Waals surface area contributed by atoms with Gasteiger partial charge in [-0.3, -0.25) is 0 Å². The normalized spacial score (nSPS) is 25.5. The highest BCUT2D eigenvalue weighted by atomic mass is 79.9. The Labute approximate surface area is 151 Å². The van der Waals surface area contributed by atoms with E-state index in [0.717, 1.165) is 41.0 Å². The molecule has 0 radical (unpaired) electrons. The summed E-state index contributed by atoms with van der Waals surface area (Å²) < 4.78 is 6.94. The predicted octanol–water partition coefficient (Wildman–Crippen LogP) is 3.70. The lowest BCUT2D eigenvalue weighted by Crippen LogP contribution is -2.16. The van der Waals surface area contributed by atoms with Crippen LogP contribution in [-0.4, -0.2) is 47.7 Å². The Morgan fingerprint density at radius 2 is 2.25 bits per heavy atom. The number of oxime groups is 1. The van der Waals surface area contributed by atoms with Crippen molar-refractivity contribution in [2.45, 2.75) is 45.8 Å². The molecule has 3 rings (SSSR count). The second-order valence-corrected chi connectivity index (χ2v) is 7.25. The predicted molar refractivity (Wildman–Crippen MR) is 98.3 cm³/mol. The van der Waals surface area contributed by atoms with Crippen molar-refractivity contribution < 1.29 is 9.57 Å². The van der Waals surface area contributed by atoms with Gasteiger partial charge in [-0.1, -0.05) is 5.16 Å². The number of halogens is 1. The van der Waals surface area contributed by atoms with Gasteiger partial charge < -0.3 is 14.5 Å². The van der Waals surface area contributed by atoms with Gasteiger partial charge in [-0.05, 0) is 49.2 Å². The highest BCUT2D eigenvalue weighted by Gasteiger charge is 2.42. The lowest BCUT2D eigenvalue weighted by Gasteiger charge is -2.15. The fourth-order valence-electron chi connectivity index (χ4n) is 2.99. The second-order valence-electron chi connectivity index (χ2n) is 6.39. The summed E-state index contributed by atoms with van der Waals surface area (Å²) in [6.07, 6.45) is 3.85. The number of aromatic nitrogens is 1. The molecule has 2 aliphatic rings. The molecule has 1 aliphatic heterocycles. The Balaban J connectivity index is 1.70. The fourth-order valence-corrected chi connectivity index (χ4v) is 3.39. The molecule has 0 spiro atoms. The third kappa shape index (κ3) is 3.55. The van der Waals surface area contributed by atoms with Crippen molar-refractivity contribution in [3.8, 4) is 5.88 Å². The molecular weight excluding hydrogens is 372 g/mol. The monoisotopic (exact) mass is 394 g/mol. The molecule has 24 heavy (non-hydrogen) atoms. The number of hydrogen-bond donors (Lipinski definition) is 0. The van der Waals surface area contributed by atoms with Crippen LogP contribution in [0.5, 0.6) is 5.88 Å². The molecule has 1 fully saturated rings.